The fourth-order valence-corrected chi connectivity index (χ4v) is 1.36. The van der Waals surface area contributed by atoms with Gasteiger partial charge in [0.25, 0.3) is 0 Å². The van der Waals surface area contributed by atoms with Gasteiger partial charge in [-0.05, 0) is 37.3 Å². The first-order valence-corrected chi connectivity index (χ1v) is 4.94. The van der Waals surface area contributed by atoms with Gasteiger partial charge in [0.2, 0.25) is 0 Å². The minimum Gasteiger partial charge on any atom is -0.100 e. The van der Waals surface area contributed by atoms with Gasteiger partial charge in [-0.3, -0.25) is 0 Å². The zero-order chi connectivity index (χ0) is 9.68. The number of aryl methyl sites for hydroxylation is 2. The Hall–Kier alpha value is -1.04. The maximum Gasteiger partial charge on any atom is -0.0242 e. The Morgan fingerprint density at radius 2 is 2.00 bits per heavy atom. The second-order valence-corrected chi connectivity index (χ2v) is 3.63. The normalized spacial score (nSPS) is 10.0. The lowest BCUT2D eigenvalue weighted by molar-refractivity contribution is 0.940. The van der Waals surface area contributed by atoms with Crippen molar-refractivity contribution in [3.05, 3.63) is 47.5 Å². The first-order valence-electron chi connectivity index (χ1n) is 4.94. The van der Waals surface area contributed by atoms with E-state index in [4.69, 9.17) is 0 Å². The molecular weight excluding hydrogens is 156 g/mol. The van der Waals surface area contributed by atoms with Crippen molar-refractivity contribution in [1.29, 1.82) is 0 Å². The fourth-order valence-electron chi connectivity index (χ4n) is 1.36. The SMILES string of the molecule is C=C(C)CCc1cccc(CC)c1. The maximum atomic E-state index is 3.91. The summed E-state index contributed by atoms with van der Waals surface area (Å²) in [5, 5.41) is 0. The average Bonchev–Trinajstić information content (AvgIpc) is 2.15. The Balaban J connectivity index is 2.61. The summed E-state index contributed by atoms with van der Waals surface area (Å²) < 4.78 is 0. The van der Waals surface area contributed by atoms with Gasteiger partial charge in [-0.25, -0.2) is 0 Å². The van der Waals surface area contributed by atoms with Crippen molar-refractivity contribution in [2.75, 3.05) is 0 Å². The number of rotatable bonds is 4. The van der Waals surface area contributed by atoms with Gasteiger partial charge < -0.3 is 0 Å². The van der Waals surface area contributed by atoms with E-state index in [0.29, 0.717) is 0 Å². The third kappa shape index (κ3) is 3.45. The summed E-state index contributed by atoms with van der Waals surface area (Å²) in [6.07, 6.45) is 3.36. The zero-order valence-electron chi connectivity index (χ0n) is 8.64. The highest BCUT2D eigenvalue weighted by Gasteiger charge is 1.94. The van der Waals surface area contributed by atoms with E-state index in [9.17, 15) is 0 Å². The largest absolute Gasteiger partial charge is 0.100 e. The topological polar surface area (TPSA) is 0 Å². The van der Waals surface area contributed by atoms with Crippen LogP contribution >= 0.6 is 0 Å². The molecule has 0 bridgehead atoms. The molecule has 70 valence electrons. The molecule has 0 fully saturated rings. The number of hydrogen-bond acceptors (Lipinski definition) is 0. The van der Waals surface area contributed by atoms with Crippen LogP contribution in [0.1, 0.15) is 31.4 Å². The summed E-state index contributed by atoms with van der Waals surface area (Å²) in [5.74, 6) is 0. The number of allylic oxidation sites excluding steroid dienone is 1. The van der Waals surface area contributed by atoms with Gasteiger partial charge in [-0.15, -0.1) is 6.58 Å². The molecular formula is C13H18. The van der Waals surface area contributed by atoms with Gasteiger partial charge in [-0.2, -0.15) is 0 Å². The maximum absolute atomic E-state index is 3.91. The van der Waals surface area contributed by atoms with Crippen molar-refractivity contribution < 1.29 is 0 Å². The monoisotopic (exact) mass is 174 g/mol. The van der Waals surface area contributed by atoms with Crippen LogP contribution in [0.5, 0.6) is 0 Å². The van der Waals surface area contributed by atoms with E-state index in [2.05, 4.69) is 44.7 Å². The molecule has 0 amide bonds. The molecule has 0 heteroatoms. The molecule has 1 aromatic rings. The highest BCUT2D eigenvalue weighted by molar-refractivity contribution is 5.24. The van der Waals surface area contributed by atoms with Crippen molar-refractivity contribution in [2.24, 2.45) is 0 Å². The van der Waals surface area contributed by atoms with E-state index in [-0.39, 0.29) is 0 Å². The van der Waals surface area contributed by atoms with Gasteiger partial charge in [0.05, 0.1) is 0 Å². The summed E-state index contributed by atoms with van der Waals surface area (Å²) in [6.45, 7) is 8.19. The van der Waals surface area contributed by atoms with E-state index in [1.165, 1.54) is 16.7 Å². The molecule has 1 rings (SSSR count). The molecule has 0 saturated carbocycles. The van der Waals surface area contributed by atoms with Crippen molar-refractivity contribution in [1.82, 2.24) is 0 Å². The lowest BCUT2D eigenvalue weighted by Crippen LogP contribution is -1.88. The summed E-state index contributed by atoms with van der Waals surface area (Å²) >= 11 is 0. The molecule has 0 aliphatic heterocycles. The van der Waals surface area contributed by atoms with Crippen LogP contribution in [0.2, 0.25) is 0 Å². The molecule has 1 aromatic carbocycles. The highest BCUT2D eigenvalue weighted by Crippen LogP contribution is 2.10. The number of hydrogen-bond donors (Lipinski definition) is 0. The van der Waals surface area contributed by atoms with Crippen LogP contribution in [-0.2, 0) is 12.8 Å². The van der Waals surface area contributed by atoms with E-state index in [1.807, 2.05) is 0 Å². The van der Waals surface area contributed by atoms with Crippen LogP contribution < -0.4 is 0 Å². The Kier molecular flexibility index (Phi) is 3.75. The van der Waals surface area contributed by atoms with Crippen molar-refractivity contribution in [2.45, 2.75) is 33.1 Å². The molecule has 0 heterocycles. The second kappa shape index (κ2) is 4.86. The Labute approximate surface area is 81.3 Å². The van der Waals surface area contributed by atoms with E-state index in [1.54, 1.807) is 0 Å². The molecule has 13 heavy (non-hydrogen) atoms. The predicted octanol–water partition coefficient (Wildman–Crippen LogP) is 3.76. The lowest BCUT2D eigenvalue weighted by atomic mass is 10.0. The van der Waals surface area contributed by atoms with Crippen molar-refractivity contribution in [3.63, 3.8) is 0 Å². The summed E-state index contributed by atoms with van der Waals surface area (Å²) in [5.41, 5.74) is 4.13. The Morgan fingerprint density at radius 3 is 2.62 bits per heavy atom. The zero-order valence-corrected chi connectivity index (χ0v) is 8.64. The Bertz CT molecular complexity index is 284. The second-order valence-electron chi connectivity index (χ2n) is 3.63. The molecule has 0 aromatic heterocycles. The van der Waals surface area contributed by atoms with E-state index in [0.717, 1.165) is 19.3 Å². The van der Waals surface area contributed by atoms with Crippen molar-refractivity contribution in [3.8, 4) is 0 Å². The minimum absolute atomic E-state index is 1.10. The lowest BCUT2D eigenvalue weighted by Gasteiger charge is -2.03. The van der Waals surface area contributed by atoms with Crippen molar-refractivity contribution >= 4 is 0 Å². The molecule has 0 spiro atoms. The van der Waals surface area contributed by atoms with E-state index < -0.39 is 0 Å². The molecule has 0 atom stereocenters. The molecule has 0 aliphatic carbocycles. The summed E-state index contributed by atoms with van der Waals surface area (Å²) in [6, 6.07) is 8.82. The molecule has 0 N–H and O–H groups in total. The Morgan fingerprint density at radius 1 is 1.31 bits per heavy atom. The van der Waals surface area contributed by atoms with Gasteiger partial charge in [-0.1, -0.05) is 36.8 Å². The first-order chi connectivity index (χ1) is 6.22. The van der Waals surface area contributed by atoms with Gasteiger partial charge >= 0.3 is 0 Å². The van der Waals surface area contributed by atoms with Crippen LogP contribution in [0.25, 0.3) is 0 Å². The van der Waals surface area contributed by atoms with Crippen LogP contribution in [0.3, 0.4) is 0 Å². The third-order valence-electron chi connectivity index (χ3n) is 2.24. The van der Waals surface area contributed by atoms with Crippen LogP contribution in [-0.4, -0.2) is 0 Å². The molecule has 0 saturated heterocycles. The van der Waals surface area contributed by atoms with Crippen LogP contribution in [0.4, 0.5) is 0 Å². The first kappa shape index (κ1) is 10.0. The fraction of sp³-hybridized carbons (Fsp3) is 0.385. The molecule has 0 radical (unpaired) electrons. The molecule has 0 aliphatic rings. The van der Waals surface area contributed by atoms with Gasteiger partial charge in [0, 0.05) is 0 Å². The highest BCUT2D eigenvalue weighted by atomic mass is 14.0. The third-order valence-corrected chi connectivity index (χ3v) is 2.24. The van der Waals surface area contributed by atoms with Crippen LogP contribution in [0, 0.1) is 0 Å². The minimum atomic E-state index is 1.10. The molecule has 0 unspecified atom stereocenters. The molecule has 0 nitrogen and oxygen atoms in total. The number of benzene rings is 1. The van der Waals surface area contributed by atoms with Gasteiger partial charge in [0.15, 0.2) is 0 Å². The average molecular weight is 174 g/mol. The summed E-state index contributed by atoms with van der Waals surface area (Å²) in [4.78, 5) is 0. The predicted molar refractivity (Wildman–Crippen MR) is 59.0 cm³/mol. The van der Waals surface area contributed by atoms with Gasteiger partial charge in [0.1, 0.15) is 0 Å². The summed E-state index contributed by atoms with van der Waals surface area (Å²) in [7, 11) is 0. The van der Waals surface area contributed by atoms with Crippen LogP contribution in [0.15, 0.2) is 36.4 Å². The standard InChI is InChI=1S/C13H18/c1-4-12-6-5-7-13(10-12)9-8-11(2)3/h5-7,10H,2,4,8-9H2,1,3H3. The van der Waals surface area contributed by atoms with E-state index >= 15 is 0 Å². The quantitative estimate of drug-likeness (QED) is 0.610. The smallest absolute Gasteiger partial charge is 0.0242 e.